The molecule has 0 saturated heterocycles. The van der Waals surface area contributed by atoms with Crippen LogP contribution in [0.25, 0.3) is 0 Å². The molecule has 5 unspecified atom stereocenters. The van der Waals surface area contributed by atoms with Crippen LogP contribution in [0.1, 0.15) is 74.7 Å². The van der Waals surface area contributed by atoms with Gasteiger partial charge in [-0.15, -0.1) is 0 Å². The van der Waals surface area contributed by atoms with Crippen molar-refractivity contribution in [3.05, 3.63) is 0 Å². The quantitative estimate of drug-likeness (QED) is 0.551. The zero-order valence-electron chi connectivity index (χ0n) is 14.7. The van der Waals surface area contributed by atoms with Crippen molar-refractivity contribution in [3.8, 4) is 0 Å². The molecular weight excluding hydrogens is 228 g/mol. The predicted molar refractivity (Wildman–Crippen MR) is 87.2 cm³/mol. The fourth-order valence-corrected chi connectivity index (χ4v) is 4.59. The SMILES string of the molecule is CCC(C)C1CC(C(C)C)CC(C(C)C)C1C(C)C. The van der Waals surface area contributed by atoms with Crippen LogP contribution in [0.4, 0.5) is 0 Å². The predicted octanol–water partition coefficient (Wildman–Crippen LogP) is 6.26. The molecule has 0 heteroatoms. The summed E-state index contributed by atoms with van der Waals surface area (Å²) in [5, 5.41) is 0. The molecule has 0 bridgehead atoms. The van der Waals surface area contributed by atoms with E-state index in [0.717, 1.165) is 47.3 Å². The standard InChI is InChI=1S/C19H38/c1-9-15(8)18-11-16(12(2)3)10-17(13(4)5)19(18)14(6)7/h12-19H,9-11H2,1-8H3. The smallest absolute Gasteiger partial charge is 0.0329 e. The van der Waals surface area contributed by atoms with Crippen LogP contribution in [0.15, 0.2) is 0 Å². The van der Waals surface area contributed by atoms with E-state index in [2.05, 4.69) is 55.4 Å². The Morgan fingerprint density at radius 1 is 0.737 bits per heavy atom. The molecule has 0 aliphatic heterocycles. The lowest BCUT2D eigenvalue weighted by molar-refractivity contribution is 0.000194. The summed E-state index contributed by atoms with van der Waals surface area (Å²) in [6.07, 6.45) is 4.31. The highest BCUT2D eigenvalue weighted by Gasteiger charge is 2.42. The zero-order valence-corrected chi connectivity index (χ0v) is 14.7. The Kier molecular flexibility index (Phi) is 6.40. The van der Waals surface area contributed by atoms with Gasteiger partial charge in [0.05, 0.1) is 0 Å². The van der Waals surface area contributed by atoms with Gasteiger partial charge in [0.1, 0.15) is 0 Å². The van der Waals surface area contributed by atoms with Crippen LogP contribution in [0.3, 0.4) is 0 Å². The van der Waals surface area contributed by atoms with E-state index >= 15 is 0 Å². The van der Waals surface area contributed by atoms with E-state index in [0.29, 0.717) is 0 Å². The van der Waals surface area contributed by atoms with Gasteiger partial charge in [0.15, 0.2) is 0 Å². The van der Waals surface area contributed by atoms with Crippen LogP contribution in [-0.4, -0.2) is 0 Å². The molecule has 0 heterocycles. The molecule has 0 spiro atoms. The maximum absolute atomic E-state index is 2.50. The molecular formula is C19H38. The first-order valence-corrected chi connectivity index (χ1v) is 8.79. The molecule has 0 N–H and O–H groups in total. The minimum Gasteiger partial charge on any atom is -0.0651 e. The molecule has 1 saturated carbocycles. The lowest BCUT2D eigenvalue weighted by atomic mass is 9.56. The third kappa shape index (κ3) is 3.99. The summed E-state index contributed by atoms with van der Waals surface area (Å²) in [6, 6.07) is 0. The van der Waals surface area contributed by atoms with Crippen LogP contribution >= 0.6 is 0 Å². The normalized spacial score (nSPS) is 34.3. The molecule has 19 heavy (non-hydrogen) atoms. The first-order chi connectivity index (χ1) is 8.79. The fraction of sp³-hybridized carbons (Fsp3) is 1.00. The van der Waals surface area contributed by atoms with Crippen molar-refractivity contribution >= 4 is 0 Å². The van der Waals surface area contributed by atoms with Crippen molar-refractivity contribution in [2.45, 2.75) is 74.7 Å². The van der Waals surface area contributed by atoms with Gasteiger partial charge in [0, 0.05) is 0 Å². The summed E-state index contributed by atoms with van der Waals surface area (Å²) in [5.74, 6) is 7.26. The summed E-state index contributed by atoms with van der Waals surface area (Å²) in [4.78, 5) is 0. The molecule has 0 nitrogen and oxygen atoms in total. The number of hydrogen-bond donors (Lipinski definition) is 0. The lowest BCUT2D eigenvalue weighted by Gasteiger charge is -2.49. The third-order valence-corrected chi connectivity index (χ3v) is 6.08. The molecule has 1 fully saturated rings. The van der Waals surface area contributed by atoms with Gasteiger partial charge < -0.3 is 0 Å². The van der Waals surface area contributed by atoms with E-state index in [1.54, 1.807) is 0 Å². The number of hydrogen-bond acceptors (Lipinski definition) is 0. The first kappa shape index (κ1) is 17.1. The summed E-state index contributed by atoms with van der Waals surface area (Å²) < 4.78 is 0. The highest BCUT2D eigenvalue weighted by molar-refractivity contribution is 4.91. The summed E-state index contributed by atoms with van der Waals surface area (Å²) in [5.41, 5.74) is 0. The first-order valence-electron chi connectivity index (χ1n) is 8.79. The van der Waals surface area contributed by atoms with E-state index < -0.39 is 0 Å². The van der Waals surface area contributed by atoms with Gasteiger partial charge in [-0.1, -0.05) is 61.8 Å². The van der Waals surface area contributed by atoms with E-state index in [1.807, 2.05) is 0 Å². The molecule has 0 radical (unpaired) electrons. The molecule has 0 aromatic carbocycles. The average molecular weight is 267 g/mol. The second kappa shape index (κ2) is 7.14. The van der Waals surface area contributed by atoms with Crippen LogP contribution in [0.5, 0.6) is 0 Å². The van der Waals surface area contributed by atoms with Crippen LogP contribution in [-0.2, 0) is 0 Å². The van der Waals surface area contributed by atoms with E-state index in [4.69, 9.17) is 0 Å². The van der Waals surface area contributed by atoms with Gasteiger partial charge in [-0.2, -0.15) is 0 Å². The van der Waals surface area contributed by atoms with Gasteiger partial charge >= 0.3 is 0 Å². The Morgan fingerprint density at radius 2 is 1.26 bits per heavy atom. The summed E-state index contributed by atoms with van der Waals surface area (Å²) in [7, 11) is 0. The van der Waals surface area contributed by atoms with E-state index in [1.165, 1.54) is 19.3 Å². The van der Waals surface area contributed by atoms with Crippen molar-refractivity contribution in [3.63, 3.8) is 0 Å². The van der Waals surface area contributed by atoms with Crippen molar-refractivity contribution < 1.29 is 0 Å². The third-order valence-electron chi connectivity index (χ3n) is 6.08. The van der Waals surface area contributed by atoms with Crippen LogP contribution in [0.2, 0.25) is 0 Å². The number of rotatable bonds is 5. The average Bonchev–Trinajstić information content (AvgIpc) is 2.35. The second-order valence-electron chi connectivity index (χ2n) is 8.25. The highest BCUT2D eigenvalue weighted by atomic mass is 14.5. The second-order valence-corrected chi connectivity index (χ2v) is 8.25. The monoisotopic (exact) mass is 266 g/mol. The van der Waals surface area contributed by atoms with Gasteiger partial charge in [0.25, 0.3) is 0 Å². The lowest BCUT2D eigenvalue weighted by Crippen LogP contribution is -2.42. The molecule has 0 aromatic heterocycles. The van der Waals surface area contributed by atoms with Crippen molar-refractivity contribution in [2.24, 2.45) is 47.3 Å². The van der Waals surface area contributed by atoms with E-state index in [9.17, 15) is 0 Å². The van der Waals surface area contributed by atoms with Crippen LogP contribution < -0.4 is 0 Å². The largest absolute Gasteiger partial charge is 0.0651 e. The molecule has 1 aliphatic carbocycles. The molecule has 1 rings (SSSR count). The molecule has 0 amide bonds. The Labute approximate surface area is 122 Å². The Morgan fingerprint density at radius 3 is 1.63 bits per heavy atom. The molecule has 5 atom stereocenters. The molecule has 114 valence electrons. The van der Waals surface area contributed by atoms with Crippen LogP contribution in [0, 0.1) is 47.3 Å². The highest BCUT2D eigenvalue weighted by Crippen LogP contribution is 2.50. The van der Waals surface area contributed by atoms with Gasteiger partial charge in [0.2, 0.25) is 0 Å². The Hall–Kier alpha value is 0. The molecule has 0 aromatic rings. The Bertz CT molecular complexity index is 251. The Balaban J connectivity index is 3.00. The minimum absolute atomic E-state index is 0.847. The van der Waals surface area contributed by atoms with Crippen molar-refractivity contribution in [2.75, 3.05) is 0 Å². The summed E-state index contributed by atoms with van der Waals surface area (Å²) >= 11 is 0. The topological polar surface area (TPSA) is 0 Å². The van der Waals surface area contributed by atoms with Gasteiger partial charge in [-0.3, -0.25) is 0 Å². The zero-order chi connectivity index (χ0) is 14.7. The summed E-state index contributed by atoms with van der Waals surface area (Å²) in [6.45, 7) is 19.6. The van der Waals surface area contributed by atoms with Crippen molar-refractivity contribution in [1.29, 1.82) is 0 Å². The fourth-order valence-electron chi connectivity index (χ4n) is 4.59. The van der Waals surface area contributed by atoms with E-state index in [-0.39, 0.29) is 0 Å². The minimum atomic E-state index is 0.847. The maximum atomic E-state index is 2.50. The maximum Gasteiger partial charge on any atom is -0.0329 e. The van der Waals surface area contributed by atoms with Crippen molar-refractivity contribution in [1.82, 2.24) is 0 Å². The van der Waals surface area contributed by atoms with Gasteiger partial charge in [-0.05, 0) is 60.2 Å². The van der Waals surface area contributed by atoms with Gasteiger partial charge in [-0.25, -0.2) is 0 Å². The molecule has 1 aliphatic rings.